The van der Waals surface area contributed by atoms with Crippen molar-refractivity contribution >= 4 is 17.6 Å². The van der Waals surface area contributed by atoms with Crippen molar-refractivity contribution in [2.75, 3.05) is 0 Å². The third-order valence-corrected chi connectivity index (χ3v) is 3.55. The maximum Gasteiger partial charge on any atom is 0.309 e. The van der Waals surface area contributed by atoms with Crippen LogP contribution in [0.4, 0.5) is 0 Å². The topological polar surface area (TPSA) is 44.8 Å². The molecule has 2 aromatic rings. The number of carbonyl (C=O) groups is 1. The van der Waals surface area contributed by atoms with Gasteiger partial charge in [-0.3, -0.25) is 4.79 Å². The number of hydrogen-bond acceptors (Lipinski definition) is 4. The number of halogens is 1. The van der Waals surface area contributed by atoms with Crippen LogP contribution in [0.3, 0.4) is 0 Å². The minimum atomic E-state index is -0.259. The number of hydrogen-bond donors (Lipinski definition) is 0. The van der Waals surface area contributed by atoms with E-state index in [2.05, 4.69) is 0 Å². The Hall–Kier alpha value is -2.20. The van der Waals surface area contributed by atoms with Gasteiger partial charge in [0.1, 0.15) is 24.2 Å². The molecule has 1 unspecified atom stereocenters. The molecule has 5 heteroatoms. The van der Waals surface area contributed by atoms with E-state index in [-0.39, 0.29) is 24.6 Å². The van der Waals surface area contributed by atoms with Crippen LogP contribution >= 0.6 is 11.6 Å². The Labute approximate surface area is 153 Å². The summed E-state index contributed by atoms with van der Waals surface area (Å²) in [5, 5.41) is 0.705. The van der Waals surface area contributed by atoms with Crippen LogP contribution in [-0.4, -0.2) is 18.2 Å². The molecule has 0 spiro atoms. The molecular weight excluding hydrogens is 340 g/mol. The molecule has 2 aromatic carbocycles. The maximum atomic E-state index is 11.6. The third-order valence-electron chi connectivity index (χ3n) is 3.30. The van der Waals surface area contributed by atoms with E-state index in [0.29, 0.717) is 17.4 Å². The molecule has 4 nitrogen and oxygen atoms in total. The van der Waals surface area contributed by atoms with Gasteiger partial charge in [-0.1, -0.05) is 23.7 Å². The molecule has 0 radical (unpaired) electrons. The van der Waals surface area contributed by atoms with Crippen LogP contribution in [0.1, 0.15) is 32.8 Å². The second kappa shape index (κ2) is 9.33. The van der Waals surface area contributed by atoms with E-state index in [4.69, 9.17) is 25.8 Å². The zero-order chi connectivity index (χ0) is 18.2. The molecule has 0 bridgehead atoms. The van der Waals surface area contributed by atoms with Crippen molar-refractivity contribution < 1.29 is 19.0 Å². The first kappa shape index (κ1) is 19.1. The molecule has 0 amide bonds. The number of benzene rings is 2. The Morgan fingerprint density at radius 3 is 2.16 bits per heavy atom. The highest BCUT2D eigenvalue weighted by Crippen LogP contribution is 2.20. The Bertz CT molecular complexity index is 665. The van der Waals surface area contributed by atoms with Gasteiger partial charge in [0.15, 0.2) is 0 Å². The first-order valence-corrected chi connectivity index (χ1v) is 8.63. The van der Waals surface area contributed by atoms with E-state index >= 15 is 0 Å². The predicted molar refractivity (Wildman–Crippen MR) is 98.2 cm³/mol. The quantitative estimate of drug-likeness (QED) is 0.618. The van der Waals surface area contributed by atoms with Gasteiger partial charge in [-0.05, 0) is 62.7 Å². The molecule has 0 N–H and O–H groups in total. The fourth-order valence-electron chi connectivity index (χ4n) is 2.18. The molecule has 0 saturated heterocycles. The highest BCUT2D eigenvalue weighted by Gasteiger charge is 2.13. The lowest BCUT2D eigenvalue weighted by Gasteiger charge is -2.15. The van der Waals surface area contributed by atoms with Crippen LogP contribution in [0.5, 0.6) is 11.5 Å². The Morgan fingerprint density at radius 2 is 1.56 bits per heavy atom. The number of esters is 1. The number of rotatable bonds is 8. The highest BCUT2D eigenvalue weighted by molar-refractivity contribution is 6.30. The van der Waals surface area contributed by atoms with Crippen molar-refractivity contribution in [1.29, 1.82) is 0 Å². The molecule has 25 heavy (non-hydrogen) atoms. The van der Waals surface area contributed by atoms with E-state index in [9.17, 15) is 4.79 Å². The maximum absolute atomic E-state index is 11.6. The van der Waals surface area contributed by atoms with Gasteiger partial charge < -0.3 is 14.2 Å². The second-order valence-electron chi connectivity index (χ2n) is 6.06. The van der Waals surface area contributed by atoms with Gasteiger partial charge in [0.05, 0.1) is 12.5 Å². The van der Waals surface area contributed by atoms with Crippen molar-refractivity contribution in [3.8, 4) is 11.5 Å². The van der Waals surface area contributed by atoms with E-state index in [1.54, 1.807) is 0 Å². The van der Waals surface area contributed by atoms with Crippen molar-refractivity contribution in [2.45, 2.75) is 46.0 Å². The second-order valence-corrected chi connectivity index (χ2v) is 6.49. The van der Waals surface area contributed by atoms with Crippen molar-refractivity contribution in [3.05, 3.63) is 59.1 Å². The fourth-order valence-corrected chi connectivity index (χ4v) is 2.31. The normalized spacial score (nSPS) is 11.9. The summed E-state index contributed by atoms with van der Waals surface area (Å²) in [7, 11) is 0. The number of carbonyl (C=O) groups excluding carboxylic acids is 1. The van der Waals surface area contributed by atoms with Gasteiger partial charge in [0, 0.05) is 5.02 Å². The molecular formula is C20H23ClO4. The van der Waals surface area contributed by atoms with Gasteiger partial charge >= 0.3 is 5.97 Å². The molecule has 1 atom stereocenters. The van der Waals surface area contributed by atoms with Crippen molar-refractivity contribution in [2.24, 2.45) is 0 Å². The lowest BCUT2D eigenvalue weighted by atomic mass is 10.2. The fraction of sp³-hybridized carbons (Fsp3) is 0.350. The number of ether oxygens (including phenoxy) is 3. The summed E-state index contributed by atoms with van der Waals surface area (Å²) in [5.74, 6) is 1.17. The third kappa shape index (κ3) is 7.06. The van der Waals surface area contributed by atoms with E-state index in [1.165, 1.54) is 0 Å². The lowest BCUT2D eigenvalue weighted by molar-refractivity contribution is -0.149. The van der Waals surface area contributed by atoms with Crippen LogP contribution in [0.25, 0.3) is 0 Å². The summed E-state index contributed by atoms with van der Waals surface area (Å²) in [6.07, 6.45) is -0.156. The smallest absolute Gasteiger partial charge is 0.309 e. The van der Waals surface area contributed by atoms with E-state index in [1.807, 2.05) is 69.3 Å². The van der Waals surface area contributed by atoms with Gasteiger partial charge in [-0.25, -0.2) is 0 Å². The average molecular weight is 363 g/mol. The Kier molecular flexibility index (Phi) is 7.14. The van der Waals surface area contributed by atoms with Gasteiger partial charge in [0.25, 0.3) is 0 Å². The molecule has 0 fully saturated rings. The van der Waals surface area contributed by atoms with Crippen LogP contribution in [0, 0.1) is 0 Å². The van der Waals surface area contributed by atoms with Crippen LogP contribution in [0.2, 0.25) is 5.02 Å². The minimum absolute atomic E-state index is 0.114. The lowest BCUT2D eigenvalue weighted by Crippen LogP contribution is -2.21. The Morgan fingerprint density at radius 1 is 0.960 bits per heavy atom. The summed E-state index contributed by atoms with van der Waals surface area (Å²) in [6.45, 7) is 5.96. The van der Waals surface area contributed by atoms with E-state index < -0.39 is 0 Å². The summed E-state index contributed by atoms with van der Waals surface area (Å²) < 4.78 is 16.6. The standard InChI is InChI=1S/C20H23ClO4/c1-14(2)24-20(22)12-15(3)25-19-10-8-18(9-11-19)23-13-16-4-6-17(21)7-5-16/h4-11,14-15H,12-13H2,1-3H3. The van der Waals surface area contributed by atoms with Crippen LogP contribution in [-0.2, 0) is 16.1 Å². The molecule has 0 aliphatic heterocycles. The largest absolute Gasteiger partial charge is 0.490 e. The Balaban J connectivity index is 1.80. The van der Waals surface area contributed by atoms with Gasteiger partial charge in [-0.15, -0.1) is 0 Å². The highest BCUT2D eigenvalue weighted by atomic mass is 35.5. The predicted octanol–water partition coefficient (Wildman–Crippen LogP) is 5.03. The van der Waals surface area contributed by atoms with Crippen LogP contribution in [0.15, 0.2) is 48.5 Å². The summed E-state index contributed by atoms with van der Waals surface area (Å²) in [6, 6.07) is 14.8. The molecule has 134 valence electrons. The molecule has 0 aliphatic rings. The van der Waals surface area contributed by atoms with Crippen molar-refractivity contribution in [1.82, 2.24) is 0 Å². The van der Waals surface area contributed by atoms with Crippen molar-refractivity contribution in [3.63, 3.8) is 0 Å². The van der Waals surface area contributed by atoms with E-state index in [0.717, 1.165) is 11.3 Å². The van der Waals surface area contributed by atoms with Gasteiger partial charge in [-0.2, -0.15) is 0 Å². The SMILES string of the molecule is CC(C)OC(=O)CC(C)Oc1ccc(OCc2ccc(Cl)cc2)cc1. The summed E-state index contributed by atoms with van der Waals surface area (Å²) >= 11 is 5.86. The molecule has 0 heterocycles. The van der Waals surface area contributed by atoms with Gasteiger partial charge in [0.2, 0.25) is 0 Å². The molecule has 0 aromatic heterocycles. The minimum Gasteiger partial charge on any atom is -0.490 e. The summed E-state index contributed by atoms with van der Waals surface area (Å²) in [5.41, 5.74) is 1.04. The van der Waals surface area contributed by atoms with Crippen LogP contribution < -0.4 is 9.47 Å². The first-order chi connectivity index (χ1) is 11.9. The molecule has 0 saturated carbocycles. The zero-order valence-corrected chi connectivity index (χ0v) is 15.5. The average Bonchev–Trinajstić information content (AvgIpc) is 2.54. The summed E-state index contributed by atoms with van der Waals surface area (Å²) in [4.78, 5) is 11.6. The molecule has 0 aliphatic carbocycles. The first-order valence-electron chi connectivity index (χ1n) is 8.26. The zero-order valence-electron chi connectivity index (χ0n) is 14.7. The monoisotopic (exact) mass is 362 g/mol. The molecule has 2 rings (SSSR count).